The lowest BCUT2D eigenvalue weighted by molar-refractivity contribution is 0.271. The zero-order chi connectivity index (χ0) is 17.9. The van der Waals surface area contributed by atoms with Crippen LogP contribution in [0, 0.1) is 20.8 Å². The number of rotatable bonds is 6. The van der Waals surface area contributed by atoms with Crippen molar-refractivity contribution in [3.05, 3.63) is 40.0 Å². The van der Waals surface area contributed by atoms with E-state index in [-0.39, 0.29) is 24.3 Å². The molecule has 0 amide bonds. The summed E-state index contributed by atoms with van der Waals surface area (Å²) in [5, 5.41) is 23.6. The second-order valence-electron chi connectivity index (χ2n) is 5.87. The lowest BCUT2D eigenvalue weighted by atomic mass is 10.1. The minimum Gasteiger partial charge on any atom is -0.502 e. The second-order valence-corrected chi connectivity index (χ2v) is 6.30. The summed E-state index contributed by atoms with van der Waals surface area (Å²) in [5.74, 6) is 0.660. The van der Waals surface area contributed by atoms with Crippen LogP contribution in [-0.2, 0) is 0 Å². The molecule has 1 unspecified atom stereocenters. The summed E-state index contributed by atoms with van der Waals surface area (Å²) in [7, 11) is 0. The fraction of sp³-hybridized carbons (Fsp3) is 0.389. The first-order valence-electron chi connectivity index (χ1n) is 7.88. The highest BCUT2D eigenvalue weighted by atomic mass is 35.5. The second kappa shape index (κ2) is 7.73. The maximum atomic E-state index is 10.5. The van der Waals surface area contributed by atoms with Crippen LogP contribution in [0.25, 0.3) is 0 Å². The van der Waals surface area contributed by atoms with Gasteiger partial charge in [0.1, 0.15) is 5.75 Å². The van der Waals surface area contributed by atoms with Crippen LogP contribution in [0.4, 0.5) is 5.69 Å². The van der Waals surface area contributed by atoms with Gasteiger partial charge in [-0.25, -0.2) is 4.98 Å². The van der Waals surface area contributed by atoms with Crippen molar-refractivity contribution in [2.45, 2.75) is 40.2 Å². The van der Waals surface area contributed by atoms with Crippen LogP contribution < -0.4 is 10.1 Å². The number of aliphatic hydroxyl groups is 1. The molecule has 0 radical (unpaired) electrons. The number of hydrogen-bond donors (Lipinski definition) is 3. The van der Waals surface area contributed by atoms with Gasteiger partial charge in [0.05, 0.1) is 12.3 Å². The summed E-state index contributed by atoms with van der Waals surface area (Å²) in [6.45, 7) is 7.52. The number of halogens is 1. The molecule has 0 bridgehead atoms. The van der Waals surface area contributed by atoms with Gasteiger partial charge in [-0.05, 0) is 56.5 Å². The first-order chi connectivity index (χ1) is 11.3. The van der Waals surface area contributed by atoms with Crippen molar-refractivity contribution in [1.29, 1.82) is 0 Å². The van der Waals surface area contributed by atoms with E-state index in [9.17, 15) is 10.2 Å². The molecule has 0 saturated heterocycles. The minimum absolute atomic E-state index is 0.0249. The van der Waals surface area contributed by atoms with Gasteiger partial charge in [0, 0.05) is 16.8 Å². The van der Waals surface area contributed by atoms with Crippen molar-refractivity contribution >= 4 is 17.3 Å². The molecule has 2 aromatic rings. The van der Waals surface area contributed by atoms with Crippen molar-refractivity contribution in [3.63, 3.8) is 0 Å². The van der Waals surface area contributed by atoms with Crippen LogP contribution in [0.2, 0.25) is 5.02 Å². The predicted octanol–water partition coefficient (Wildman–Crippen LogP) is 4.34. The molecule has 130 valence electrons. The van der Waals surface area contributed by atoms with E-state index in [0.717, 1.165) is 17.5 Å². The number of aromatic nitrogens is 1. The van der Waals surface area contributed by atoms with E-state index in [0.29, 0.717) is 22.2 Å². The fourth-order valence-electron chi connectivity index (χ4n) is 2.47. The van der Waals surface area contributed by atoms with Gasteiger partial charge in [0.2, 0.25) is 5.75 Å². The molecule has 0 spiro atoms. The number of nitrogens with one attached hydrogen (secondary N) is 1. The van der Waals surface area contributed by atoms with Crippen LogP contribution in [0.3, 0.4) is 0 Å². The zero-order valence-electron chi connectivity index (χ0n) is 14.4. The Labute approximate surface area is 147 Å². The summed E-state index contributed by atoms with van der Waals surface area (Å²) in [4.78, 5) is 4.28. The van der Waals surface area contributed by atoms with Gasteiger partial charge in [-0.2, -0.15) is 0 Å². The molecule has 2 rings (SSSR count). The average Bonchev–Trinajstić information content (AvgIpc) is 2.52. The SMILES string of the molecule is CCC(CO)Nc1cc(C)nc(Oc2c(C)cc(Cl)cc2C)c1O. The lowest BCUT2D eigenvalue weighted by Gasteiger charge is -2.19. The maximum Gasteiger partial charge on any atom is 0.264 e. The third-order valence-electron chi connectivity index (χ3n) is 3.79. The van der Waals surface area contributed by atoms with Gasteiger partial charge < -0.3 is 20.3 Å². The van der Waals surface area contributed by atoms with E-state index in [1.165, 1.54) is 0 Å². The highest BCUT2D eigenvalue weighted by molar-refractivity contribution is 6.30. The lowest BCUT2D eigenvalue weighted by Crippen LogP contribution is -2.22. The van der Waals surface area contributed by atoms with E-state index in [4.69, 9.17) is 16.3 Å². The molecule has 1 aromatic heterocycles. The van der Waals surface area contributed by atoms with Gasteiger partial charge in [-0.1, -0.05) is 18.5 Å². The topological polar surface area (TPSA) is 74.6 Å². The zero-order valence-corrected chi connectivity index (χ0v) is 15.1. The van der Waals surface area contributed by atoms with Gasteiger partial charge >= 0.3 is 0 Å². The molecule has 1 aromatic carbocycles. The first kappa shape index (κ1) is 18.4. The Morgan fingerprint density at radius 2 is 1.83 bits per heavy atom. The van der Waals surface area contributed by atoms with E-state index >= 15 is 0 Å². The number of aromatic hydroxyl groups is 1. The Hall–Kier alpha value is -1.98. The van der Waals surface area contributed by atoms with E-state index in [1.54, 1.807) is 18.2 Å². The van der Waals surface area contributed by atoms with Gasteiger partial charge in [0.15, 0.2) is 0 Å². The monoisotopic (exact) mass is 350 g/mol. The summed E-state index contributed by atoms with van der Waals surface area (Å²) in [6.07, 6.45) is 0.725. The third kappa shape index (κ3) is 4.10. The molecule has 1 heterocycles. The van der Waals surface area contributed by atoms with Crippen molar-refractivity contribution in [1.82, 2.24) is 4.98 Å². The minimum atomic E-state index is -0.149. The molecule has 0 saturated carbocycles. The molecule has 0 fully saturated rings. The predicted molar refractivity (Wildman–Crippen MR) is 96.4 cm³/mol. The van der Waals surface area contributed by atoms with E-state index < -0.39 is 0 Å². The van der Waals surface area contributed by atoms with Crippen LogP contribution >= 0.6 is 11.6 Å². The third-order valence-corrected chi connectivity index (χ3v) is 4.00. The molecule has 0 aliphatic rings. The van der Waals surface area contributed by atoms with Crippen LogP contribution in [0.5, 0.6) is 17.4 Å². The summed E-state index contributed by atoms with van der Waals surface area (Å²) >= 11 is 6.04. The molecular formula is C18H23ClN2O3. The fourth-order valence-corrected chi connectivity index (χ4v) is 2.80. The number of pyridine rings is 1. The Morgan fingerprint density at radius 1 is 1.21 bits per heavy atom. The number of benzene rings is 1. The molecule has 5 nitrogen and oxygen atoms in total. The number of hydrogen-bond acceptors (Lipinski definition) is 5. The van der Waals surface area contributed by atoms with E-state index in [2.05, 4.69) is 10.3 Å². The number of nitrogens with zero attached hydrogens (tertiary/aromatic N) is 1. The smallest absolute Gasteiger partial charge is 0.264 e. The van der Waals surface area contributed by atoms with Crippen molar-refractivity contribution < 1.29 is 14.9 Å². The Morgan fingerprint density at radius 3 is 2.38 bits per heavy atom. The number of ether oxygens (including phenoxy) is 1. The van der Waals surface area contributed by atoms with Crippen molar-refractivity contribution in [3.8, 4) is 17.4 Å². The van der Waals surface area contributed by atoms with Crippen LogP contribution in [-0.4, -0.2) is 27.8 Å². The summed E-state index contributed by atoms with van der Waals surface area (Å²) in [6, 6.07) is 5.18. The average molecular weight is 351 g/mol. The first-order valence-corrected chi connectivity index (χ1v) is 8.26. The number of aliphatic hydroxyl groups excluding tert-OH is 1. The standard InChI is InChI=1S/C18H23ClN2O3/c1-5-14(9-22)21-15-8-12(4)20-18(16(15)23)24-17-10(2)6-13(19)7-11(17)3/h6-8,14,22-23H,5,9H2,1-4H3,(H,20,21). The Bertz CT molecular complexity index is 707. The Balaban J connectivity index is 2.39. The van der Waals surface area contributed by atoms with Gasteiger partial charge in [0.25, 0.3) is 5.88 Å². The van der Waals surface area contributed by atoms with Crippen molar-refractivity contribution in [2.24, 2.45) is 0 Å². The number of anilines is 1. The highest BCUT2D eigenvalue weighted by Gasteiger charge is 2.17. The largest absolute Gasteiger partial charge is 0.502 e. The van der Waals surface area contributed by atoms with E-state index in [1.807, 2.05) is 27.7 Å². The molecule has 6 heteroatoms. The maximum absolute atomic E-state index is 10.5. The summed E-state index contributed by atoms with van der Waals surface area (Å²) in [5.41, 5.74) is 2.91. The normalized spacial score (nSPS) is 12.1. The molecule has 3 N–H and O–H groups in total. The van der Waals surface area contributed by atoms with Crippen molar-refractivity contribution in [2.75, 3.05) is 11.9 Å². The quantitative estimate of drug-likeness (QED) is 0.722. The molecule has 1 atom stereocenters. The number of aryl methyl sites for hydroxylation is 3. The summed E-state index contributed by atoms with van der Waals surface area (Å²) < 4.78 is 5.87. The Kier molecular flexibility index (Phi) is 5.91. The molecule has 0 aliphatic carbocycles. The van der Waals surface area contributed by atoms with Gasteiger partial charge in [-0.3, -0.25) is 0 Å². The van der Waals surface area contributed by atoms with Gasteiger partial charge in [-0.15, -0.1) is 0 Å². The molecular weight excluding hydrogens is 328 g/mol. The molecule has 0 aliphatic heterocycles. The highest BCUT2D eigenvalue weighted by Crippen LogP contribution is 2.38. The molecule has 24 heavy (non-hydrogen) atoms. The van der Waals surface area contributed by atoms with Crippen LogP contribution in [0.15, 0.2) is 18.2 Å². The van der Waals surface area contributed by atoms with Crippen LogP contribution in [0.1, 0.15) is 30.2 Å².